The molecule has 0 atom stereocenters. The molecule has 0 saturated heterocycles. The summed E-state index contributed by atoms with van der Waals surface area (Å²) in [4.78, 5) is 27.7. The number of rotatable bonds is 4. The summed E-state index contributed by atoms with van der Waals surface area (Å²) in [5.74, 6) is -0.118. The van der Waals surface area contributed by atoms with Crippen LogP contribution in [0.15, 0.2) is 51.8 Å². The molecular formula is C18H15NO5. The third-order valence-corrected chi connectivity index (χ3v) is 3.53. The van der Waals surface area contributed by atoms with Crippen molar-refractivity contribution in [1.82, 2.24) is 4.98 Å². The number of aryl methyl sites for hydroxylation is 1. The van der Waals surface area contributed by atoms with Crippen LogP contribution in [0.2, 0.25) is 0 Å². The number of carbonyl (C=O) groups excluding carboxylic acids is 1. The third kappa shape index (κ3) is 3.27. The van der Waals surface area contributed by atoms with Gasteiger partial charge in [-0.15, -0.1) is 0 Å². The Labute approximate surface area is 137 Å². The first-order valence-electron chi connectivity index (χ1n) is 7.27. The molecule has 122 valence electrons. The van der Waals surface area contributed by atoms with E-state index in [-0.39, 0.29) is 6.61 Å². The minimum absolute atomic E-state index is 0.0317. The van der Waals surface area contributed by atoms with Gasteiger partial charge in [-0.1, -0.05) is 12.1 Å². The average molecular weight is 325 g/mol. The lowest BCUT2D eigenvalue weighted by Gasteiger charge is -2.08. The van der Waals surface area contributed by atoms with Crippen LogP contribution in [0.4, 0.5) is 0 Å². The molecule has 0 unspecified atom stereocenters. The van der Waals surface area contributed by atoms with E-state index < -0.39 is 11.6 Å². The van der Waals surface area contributed by atoms with Crippen LogP contribution in [0.3, 0.4) is 0 Å². The van der Waals surface area contributed by atoms with Crippen molar-refractivity contribution in [2.75, 3.05) is 7.11 Å². The number of fused-ring (bicyclic) bond motifs is 1. The maximum absolute atomic E-state index is 12.1. The molecule has 2 aromatic heterocycles. The summed E-state index contributed by atoms with van der Waals surface area (Å²) in [6, 6.07) is 9.99. The lowest BCUT2D eigenvalue weighted by Crippen LogP contribution is -2.08. The van der Waals surface area contributed by atoms with Gasteiger partial charge in [0.05, 0.1) is 12.7 Å². The Bertz CT molecular complexity index is 944. The average Bonchev–Trinajstić information content (AvgIpc) is 2.59. The minimum Gasteiger partial charge on any atom is -0.481 e. The number of hydrogen-bond donors (Lipinski definition) is 0. The normalized spacial score (nSPS) is 10.6. The Morgan fingerprint density at radius 1 is 1.21 bits per heavy atom. The predicted molar refractivity (Wildman–Crippen MR) is 87.1 cm³/mol. The van der Waals surface area contributed by atoms with Gasteiger partial charge in [0.1, 0.15) is 12.2 Å². The molecule has 0 fully saturated rings. The number of ether oxygens (including phenoxy) is 2. The molecule has 3 aromatic rings. The number of methoxy groups -OCH3 is 1. The number of pyridine rings is 1. The van der Waals surface area contributed by atoms with Crippen LogP contribution in [0.5, 0.6) is 5.88 Å². The van der Waals surface area contributed by atoms with E-state index in [9.17, 15) is 9.59 Å². The molecule has 0 amide bonds. The molecule has 1 aromatic carbocycles. The van der Waals surface area contributed by atoms with Gasteiger partial charge in [0, 0.05) is 29.3 Å². The highest BCUT2D eigenvalue weighted by Crippen LogP contribution is 2.19. The first-order chi connectivity index (χ1) is 11.6. The molecule has 0 aliphatic carbocycles. The zero-order valence-corrected chi connectivity index (χ0v) is 13.2. The van der Waals surface area contributed by atoms with Gasteiger partial charge in [-0.2, -0.15) is 0 Å². The van der Waals surface area contributed by atoms with Crippen molar-refractivity contribution in [3.63, 3.8) is 0 Å². The van der Waals surface area contributed by atoms with Crippen molar-refractivity contribution < 1.29 is 18.7 Å². The first-order valence-corrected chi connectivity index (χ1v) is 7.27. The Morgan fingerprint density at radius 2 is 2.04 bits per heavy atom. The van der Waals surface area contributed by atoms with Gasteiger partial charge in [-0.25, -0.2) is 14.6 Å². The van der Waals surface area contributed by atoms with Crippen LogP contribution >= 0.6 is 0 Å². The van der Waals surface area contributed by atoms with Crippen LogP contribution in [0.1, 0.15) is 21.5 Å². The molecule has 6 heteroatoms. The fraction of sp³-hybridized carbons (Fsp3) is 0.167. The fourth-order valence-electron chi connectivity index (χ4n) is 2.30. The second-order valence-corrected chi connectivity index (χ2v) is 5.26. The largest absolute Gasteiger partial charge is 0.481 e. The van der Waals surface area contributed by atoms with Gasteiger partial charge in [0.25, 0.3) is 0 Å². The summed E-state index contributed by atoms with van der Waals surface area (Å²) in [5, 5.41) is 0.737. The summed E-state index contributed by atoms with van der Waals surface area (Å²) in [7, 11) is 1.49. The van der Waals surface area contributed by atoms with Gasteiger partial charge >= 0.3 is 11.6 Å². The number of benzene rings is 1. The van der Waals surface area contributed by atoms with Crippen molar-refractivity contribution in [2.45, 2.75) is 13.5 Å². The summed E-state index contributed by atoms with van der Waals surface area (Å²) in [5.41, 5.74) is 1.86. The van der Waals surface area contributed by atoms with Crippen molar-refractivity contribution in [3.05, 3.63) is 69.7 Å². The fourth-order valence-corrected chi connectivity index (χ4v) is 2.30. The van der Waals surface area contributed by atoms with Crippen molar-refractivity contribution in [2.24, 2.45) is 0 Å². The second kappa shape index (κ2) is 6.54. The van der Waals surface area contributed by atoms with Gasteiger partial charge in [-0.3, -0.25) is 0 Å². The molecule has 6 nitrogen and oxygen atoms in total. The van der Waals surface area contributed by atoms with E-state index in [0.29, 0.717) is 22.6 Å². The highest BCUT2D eigenvalue weighted by molar-refractivity contribution is 5.89. The van der Waals surface area contributed by atoms with Gasteiger partial charge in [-0.05, 0) is 24.6 Å². The van der Waals surface area contributed by atoms with Crippen molar-refractivity contribution in [1.29, 1.82) is 0 Å². The molecule has 0 aliphatic heterocycles. The Kier molecular flexibility index (Phi) is 4.29. The van der Waals surface area contributed by atoms with Gasteiger partial charge in [0.15, 0.2) is 0 Å². The van der Waals surface area contributed by atoms with E-state index in [4.69, 9.17) is 13.9 Å². The Morgan fingerprint density at radius 3 is 2.75 bits per heavy atom. The summed E-state index contributed by atoms with van der Waals surface area (Å²) >= 11 is 0. The van der Waals surface area contributed by atoms with Gasteiger partial charge in [0.2, 0.25) is 5.88 Å². The maximum atomic E-state index is 12.1. The predicted octanol–water partition coefficient (Wildman–Crippen LogP) is 2.86. The smallest absolute Gasteiger partial charge is 0.340 e. The lowest BCUT2D eigenvalue weighted by molar-refractivity contribution is 0.0473. The molecule has 0 saturated carbocycles. The highest BCUT2D eigenvalue weighted by atomic mass is 16.5. The van der Waals surface area contributed by atoms with E-state index in [1.165, 1.54) is 19.4 Å². The van der Waals surface area contributed by atoms with Crippen LogP contribution in [-0.2, 0) is 11.3 Å². The van der Waals surface area contributed by atoms with Crippen molar-refractivity contribution >= 4 is 16.9 Å². The molecule has 0 bridgehead atoms. The maximum Gasteiger partial charge on any atom is 0.340 e. The summed E-state index contributed by atoms with van der Waals surface area (Å²) in [6.07, 6.45) is 1.38. The Balaban J connectivity index is 1.82. The van der Waals surface area contributed by atoms with Crippen molar-refractivity contribution in [3.8, 4) is 5.88 Å². The zero-order chi connectivity index (χ0) is 17.1. The zero-order valence-electron chi connectivity index (χ0n) is 13.2. The highest BCUT2D eigenvalue weighted by Gasteiger charge is 2.11. The van der Waals surface area contributed by atoms with Crippen LogP contribution in [0, 0.1) is 6.92 Å². The summed E-state index contributed by atoms with van der Waals surface area (Å²) < 4.78 is 15.4. The third-order valence-electron chi connectivity index (χ3n) is 3.53. The van der Waals surface area contributed by atoms with E-state index in [2.05, 4.69) is 4.98 Å². The van der Waals surface area contributed by atoms with Crippen LogP contribution in [0.25, 0.3) is 11.0 Å². The Hall–Kier alpha value is -3.15. The topological polar surface area (TPSA) is 78.6 Å². The SMILES string of the molecule is COc1ccc(C(=O)OCc2cc(=O)oc3cc(C)ccc23)cn1. The van der Waals surface area contributed by atoms with Crippen LogP contribution < -0.4 is 10.4 Å². The van der Waals surface area contributed by atoms with E-state index in [1.807, 2.05) is 19.1 Å². The standard InChI is InChI=1S/C18H15NO5/c1-11-3-5-14-13(8-17(20)24-15(14)7-11)10-23-18(21)12-4-6-16(22-2)19-9-12/h3-9H,10H2,1-2H3. The minimum atomic E-state index is -0.529. The number of aromatic nitrogens is 1. The molecule has 0 N–H and O–H groups in total. The van der Waals surface area contributed by atoms with E-state index in [0.717, 1.165) is 10.9 Å². The quantitative estimate of drug-likeness (QED) is 0.542. The molecule has 0 radical (unpaired) electrons. The van der Waals surface area contributed by atoms with Gasteiger partial charge < -0.3 is 13.9 Å². The van der Waals surface area contributed by atoms with E-state index in [1.54, 1.807) is 18.2 Å². The summed E-state index contributed by atoms with van der Waals surface area (Å²) in [6.45, 7) is 1.87. The number of carbonyl (C=O) groups is 1. The van der Waals surface area contributed by atoms with E-state index >= 15 is 0 Å². The first kappa shape index (κ1) is 15.7. The molecule has 3 rings (SSSR count). The molecule has 24 heavy (non-hydrogen) atoms. The van der Waals surface area contributed by atoms with Crippen LogP contribution in [-0.4, -0.2) is 18.1 Å². The second-order valence-electron chi connectivity index (χ2n) is 5.26. The molecule has 2 heterocycles. The monoisotopic (exact) mass is 325 g/mol. The lowest BCUT2D eigenvalue weighted by atomic mass is 10.1. The number of hydrogen-bond acceptors (Lipinski definition) is 6. The number of nitrogens with zero attached hydrogens (tertiary/aromatic N) is 1. The number of esters is 1. The molecule has 0 spiro atoms. The molecular weight excluding hydrogens is 310 g/mol. The molecule has 0 aliphatic rings.